The van der Waals surface area contributed by atoms with Gasteiger partial charge < -0.3 is 10.1 Å². The molecule has 2 atom stereocenters. The van der Waals surface area contributed by atoms with E-state index in [9.17, 15) is 4.79 Å². The Kier molecular flexibility index (Phi) is 7.33. The molecule has 1 aliphatic carbocycles. The van der Waals surface area contributed by atoms with Crippen molar-refractivity contribution in [1.82, 2.24) is 5.32 Å². The highest BCUT2D eigenvalue weighted by atomic mass is 16.5. The van der Waals surface area contributed by atoms with Crippen molar-refractivity contribution in [1.29, 1.82) is 0 Å². The molecule has 0 radical (unpaired) electrons. The van der Waals surface area contributed by atoms with Crippen LogP contribution in [0, 0.1) is 11.8 Å². The summed E-state index contributed by atoms with van der Waals surface area (Å²) < 4.78 is 4.64. The molecule has 0 spiro atoms. The van der Waals surface area contributed by atoms with Gasteiger partial charge in [0.1, 0.15) is 0 Å². The SMILES string of the molecule is COC(=O)CCCNC1CCCC(CC(C)C)C1. The van der Waals surface area contributed by atoms with E-state index in [1.165, 1.54) is 39.2 Å². The van der Waals surface area contributed by atoms with Crippen LogP contribution in [0.4, 0.5) is 0 Å². The Morgan fingerprint density at radius 1 is 1.39 bits per heavy atom. The topological polar surface area (TPSA) is 38.3 Å². The summed E-state index contributed by atoms with van der Waals surface area (Å²) >= 11 is 0. The maximum atomic E-state index is 11.0. The molecule has 0 aliphatic heterocycles. The van der Waals surface area contributed by atoms with Crippen LogP contribution in [-0.4, -0.2) is 25.7 Å². The van der Waals surface area contributed by atoms with Crippen molar-refractivity contribution in [2.75, 3.05) is 13.7 Å². The number of ether oxygens (including phenoxy) is 1. The van der Waals surface area contributed by atoms with Crippen LogP contribution in [0.15, 0.2) is 0 Å². The first-order valence-electron chi connectivity index (χ1n) is 7.42. The first kappa shape index (κ1) is 15.5. The molecular formula is C15H29NO2. The number of nitrogens with one attached hydrogen (secondary N) is 1. The van der Waals surface area contributed by atoms with Crippen molar-refractivity contribution in [3.05, 3.63) is 0 Å². The molecule has 2 unspecified atom stereocenters. The van der Waals surface area contributed by atoms with Crippen LogP contribution in [0.5, 0.6) is 0 Å². The quantitative estimate of drug-likeness (QED) is 0.561. The fourth-order valence-corrected chi connectivity index (χ4v) is 3.00. The zero-order chi connectivity index (χ0) is 13.4. The van der Waals surface area contributed by atoms with E-state index in [-0.39, 0.29) is 5.97 Å². The minimum Gasteiger partial charge on any atom is -0.469 e. The summed E-state index contributed by atoms with van der Waals surface area (Å²) in [6, 6.07) is 0.667. The molecule has 3 heteroatoms. The van der Waals surface area contributed by atoms with Gasteiger partial charge in [-0.2, -0.15) is 0 Å². The molecule has 1 fully saturated rings. The van der Waals surface area contributed by atoms with Crippen LogP contribution >= 0.6 is 0 Å². The number of hydrogen-bond acceptors (Lipinski definition) is 3. The summed E-state index contributed by atoms with van der Waals surface area (Å²) in [5.41, 5.74) is 0. The van der Waals surface area contributed by atoms with Crippen molar-refractivity contribution in [3.8, 4) is 0 Å². The zero-order valence-electron chi connectivity index (χ0n) is 12.2. The summed E-state index contributed by atoms with van der Waals surface area (Å²) in [7, 11) is 1.45. The maximum absolute atomic E-state index is 11.0. The molecule has 1 rings (SSSR count). The van der Waals surface area contributed by atoms with Crippen LogP contribution < -0.4 is 5.32 Å². The molecule has 1 aliphatic rings. The van der Waals surface area contributed by atoms with E-state index in [1.54, 1.807) is 0 Å². The molecule has 1 saturated carbocycles. The largest absolute Gasteiger partial charge is 0.469 e. The predicted octanol–water partition coefficient (Wildman–Crippen LogP) is 3.13. The molecule has 0 heterocycles. The maximum Gasteiger partial charge on any atom is 0.305 e. The van der Waals surface area contributed by atoms with Gasteiger partial charge in [0.2, 0.25) is 0 Å². The summed E-state index contributed by atoms with van der Waals surface area (Å²) in [5, 5.41) is 3.60. The molecule has 0 aromatic rings. The number of methoxy groups -OCH3 is 1. The van der Waals surface area contributed by atoms with E-state index in [4.69, 9.17) is 0 Å². The third-order valence-corrected chi connectivity index (χ3v) is 3.81. The van der Waals surface area contributed by atoms with E-state index >= 15 is 0 Å². The minimum atomic E-state index is -0.0990. The summed E-state index contributed by atoms with van der Waals surface area (Å²) in [6.45, 7) is 5.56. The lowest BCUT2D eigenvalue weighted by molar-refractivity contribution is -0.140. The molecule has 1 N–H and O–H groups in total. The van der Waals surface area contributed by atoms with Crippen LogP contribution in [0.2, 0.25) is 0 Å². The molecule has 0 amide bonds. The number of carbonyl (C=O) groups excluding carboxylic acids is 1. The van der Waals surface area contributed by atoms with Crippen molar-refractivity contribution >= 4 is 5.97 Å². The molecule has 0 aromatic carbocycles. The van der Waals surface area contributed by atoms with Crippen molar-refractivity contribution in [2.24, 2.45) is 11.8 Å². The van der Waals surface area contributed by atoms with E-state index in [0.717, 1.165) is 24.8 Å². The second-order valence-electron chi connectivity index (χ2n) is 5.99. The van der Waals surface area contributed by atoms with E-state index in [2.05, 4.69) is 23.9 Å². The number of carbonyl (C=O) groups is 1. The smallest absolute Gasteiger partial charge is 0.305 e. The Balaban J connectivity index is 2.12. The zero-order valence-corrected chi connectivity index (χ0v) is 12.2. The van der Waals surface area contributed by atoms with Gasteiger partial charge in [0, 0.05) is 12.5 Å². The van der Waals surface area contributed by atoms with Crippen molar-refractivity contribution in [2.45, 2.75) is 64.8 Å². The fourth-order valence-electron chi connectivity index (χ4n) is 3.00. The van der Waals surface area contributed by atoms with Gasteiger partial charge in [-0.15, -0.1) is 0 Å². The third kappa shape index (κ3) is 6.39. The highest BCUT2D eigenvalue weighted by Gasteiger charge is 2.21. The third-order valence-electron chi connectivity index (χ3n) is 3.81. The summed E-state index contributed by atoms with van der Waals surface area (Å²) in [5.74, 6) is 1.61. The van der Waals surface area contributed by atoms with E-state index in [1.807, 2.05) is 0 Å². The van der Waals surface area contributed by atoms with Gasteiger partial charge in [-0.25, -0.2) is 0 Å². The second-order valence-corrected chi connectivity index (χ2v) is 5.99. The van der Waals surface area contributed by atoms with Gasteiger partial charge >= 0.3 is 5.97 Å². The van der Waals surface area contributed by atoms with Crippen LogP contribution in [0.25, 0.3) is 0 Å². The van der Waals surface area contributed by atoms with Crippen LogP contribution in [0.3, 0.4) is 0 Å². The van der Waals surface area contributed by atoms with Gasteiger partial charge in [0.05, 0.1) is 7.11 Å². The molecule has 3 nitrogen and oxygen atoms in total. The van der Waals surface area contributed by atoms with Crippen molar-refractivity contribution < 1.29 is 9.53 Å². The fraction of sp³-hybridized carbons (Fsp3) is 0.933. The minimum absolute atomic E-state index is 0.0990. The number of hydrogen-bond donors (Lipinski definition) is 1. The van der Waals surface area contributed by atoms with Gasteiger partial charge in [-0.1, -0.05) is 26.7 Å². The molecule has 18 heavy (non-hydrogen) atoms. The lowest BCUT2D eigenvalue weighted by Gasteiger charge is -2.30. The van der Waals surface area contributed by atoms with Crippen LogP contribution in [-0.2, 0) is 9.53 Å². The average Bonchev–Trinajstić information content (AvgIpc) is 2.34. The van der Waals surface area contributed by atoms with E-state index < -0.39 is 0 Å². The summed E-state index contributed by atoms with van der Waals surface area (Å²) in [4.78, 5) is 11.0. The summed E-state index contributed by atoms with van der Waals surface area (Å²) in [6.07, 6.45) is 8.15. The van der Waals surface area contributed by atoms with Gasteiger partial charge in [0.15, 0.2) is 0 Å². The first-order chi connectivity index (χ1) is 8.61. The standard InChI is InChI=1S/C15H29NO2/c1-12(2)10-13-6-4-7-14(11-13)16-9-5-8-15(17)18-3/h12-14,16H,4-11H2,1-3H3. The number of esters is 1. The molecular weight excluding hydrogens is 226 g/mol. The molecule has 0 aromatic heterocycles. The monoisotopic (exact) mass is 255 g/mol. The Bertz CT molecular complexity index is 241. The normalized spacial score (nSPS) is 24.2. The highest BCUT2D eigenvalue weighted by molar-refractivity contribution is 5.69. The molecule has 106 valence electrons. The Labute approximate surface area is 112 Å². The van der Waals surface area contributed by atoms with Crippen LogP contribution in [0.1, 0.15) is 58.8 Å². The Morgan fingerprint density at radius 3 is 2.83 bits per heavy atom. The Morgan fingerprint density at radius 2 is 2.17 bits per heavy atom. The second kappa shape index (κ2) is 8.52. The lowest BCUT2D eigenvalue weighted by Crippen LogP contribution is -2.35. The highest BCUT2D eigenvalue weighted by Crippen LogP contribution is 2.29. The first-order valence-corrected chi connectivity index (χ1v) is 7.42. The van der Waals surface area contributed by atoms with Gasteiger partial charge in [-0.05, 0) is 44.1 Å². The molecule has 0 saturated heterocycles. The Hall–Kier alpha value is -0.570. The van der Waals surface area contributed by atoms with Crippen molar-refractivity contribution in [3.63, 3.8) is 0 Å². The average molecular weight is 255 g/mol. The van der Waals surface area contributed by atoms with Gasteiger partial charge in [0.25, 0.3) is 0 Å². The molecule has 0 bridgehead atoms. The van der Waals surface area contributed by atoms with E-state index in [0.29, 0.717) is 12.5 Å². The van der Waals surface area contributed by atoms with Gasteiger partial charge in [-0.3, -0.25) is 4.79 Å². The lowest BCUT2D eigenvalue weighted by atomic mass is 9.81. The number of rotatable bonds is 7. The predicted molar refractivity (Wildman–Crippen MR) is 74.5 cm³/mol.